The zero-order chi connectivity index (χ0) is 13.8. The molecule has 1 aromatic carbocycles. The fraction of sp³-hybridized carbons (Fsp3) is 0.214. The van der Waals surface area contributed by atoms with Gasteiger partial charge in [-0.1, -0.05) is 0 Å². The lowest BCUT2D eigenvalue weighted by Gasteiger charge is -2.11. The number of terminal acetylenes is 1. The Hall–Kier alpha value is -2.35. The molecule has 0 amide bonds. The van der Waals surface area contributed by atoms with Crippen LogP contribution in [0.4, 0.5) is 8.78 Å². The summed E-state index contributed by atoms with van der Waals surface area (Å²) >= 11 is 0. The van der Waals surface area contributed by atoms with Crippen LogP contribution in [0, 0.1) is 12.3 Å². The first-order valence-corrected chi connectivity index (χ1v) is 5.54. The number of ether oxygens (including phenoxy) is 1. The molecule has 3 nitrogen and oxygen atoms in total. The van der Waals surface area contributed by atoms with Crippen molar-refractivity contribution in [2.75, 3.05) is 6.61 Å². The molecule has 1 aromatic heterocycles. The standard InChI is InChI=1S/C14H10F2O3/c1-2-3-8-18-10-6-4-9-5-7-11(17)19-13(9)12(10)14(15)16/h1,4-7,14H,3,8H2. The van der Waals surface area contributed by atoms with Gasteiger partial charge in [0.1, 0.15) is 11.3 Å². The summed E-state index contributed by atoms with van der Waals surface area (Å²) < 4.78 is 36.3. The van der Waals surface area contributed by atoms with E-state index in [1.54, 1.807) is 6.07 Å². The largest absolute Gasteiger partial charge is 0.492 e. The molecule has 0 atom stereocenters. The van der Waals surface area contributed by atoms with E-state index in [-0.39, 0.29) is 17.9 Å². The third-order valence-electron chi connectivity index (χ3n) is 2.51. The van der Waals surface area contributed by atoms with Crippen LogP contribution in [0.15, 0.2) is 33.5 Å². The summed E-state index contributed by atoms with van der Waals surface area (Å²) in [5, 5.41) is 0.416. The van der Waals surface area contributed by atoms with Gasteiger partial charge in [-0.15, -0.1) is 12.3 Å². The lowest BCUT2D eigenvalue weighted by atomic mass is 10.1. The molecule has 0 aliphatic heterocycles. The molecular weight excluding hydrogens is 254 g/mol. The van der Waals surface area contributed by atoms with E-state index < -0.39 is 17.6 Å². The molecule has 0 aliphatic carbocycles. The average molecular weight is 264 g/mol. The predicted molar refractivity (Wildman–Crippen MR) is 66.4 cm³/mol. The van der Waals surface area contributed by atoms with Crippen LogP contribution in [-0.4, -0.2) is 6.61 Å². The highest BCUT2D eigenvalue weighted by Crippen LogP contribution is 2.35. The van der Waals surface area contributed by atoms with E-state index in [0.29, 0.717) is 11.8 Å². The zero-order valence-corrected chi connectivity index (χ0v) is 9.86. The van der Waals surface area contributed by atoms with Gasteiger partial charge in [-0.25, -0.2) is 13.6 Å². The summed E-state index contributed by atoms with van der Waals surface area (Å²) in [6.07, 6.45) is 2.56. The number of hydrogen-bond donors (Lipinski definition) is 0. The van der Waals surface area contributed by atoms with Crippen molar-refractivity contribution in [3.05, 3.63) is 40.2 Å². The van der Waals surface area contributed by atoms with Gasteiger partial charge in [0.2, 0.25) is 0 Å². The van der Waals surface area contributed by atoms with E-state index in [1.807, 2.05) is 0 Å². The number of benzene rings is 1. The van der Waals surface area contributed by atoms with Crippen molar-refractivity contribution in [3.63, 3.8) is 0 Å². The maximum atomic E-state index is 13.1. The number of rotatable bonds is 4. The van der Waals surface area contributed by atoms with Crippen molar-refractivity contribution in [3.8, 4) is 18.1 Å². The second kappa shape index (κ2) is 5.53. The molecule has 0 bridgehead atoms. The van der Waals surface area contributed by atoms with Crippen LogP contribution < -0.4 is 10.4 Å². The number of alkyl halides is 2. The molecule has 1 heterocycles. The summed E-state index contributed by atoms with van der Waals surface area (Å²) in [6, 6.07) is 5.57. The summed E-state index contributed by atoms with van der Waals surface area (Å²) in [6.45, 7) is 0.124. The Morgan fingerprint density at radius 2 is 2.05 bits per heavy atom. The first-order valence-electron chi connectivity index (χ1n) is 5.54. The van der Waals surface area contributed by atoms with Gasteiger partial charge in [0.05, 0.1) is 6.61 Å². The molecule has 0 N–H and O–H groups in total. The fourth-order valence-electron chi connectivity index (χ4n) is 1.69. The Morgan fingerprint density at radius 1 is 1.32 bits per heavy atom. The molecule has 0 saturated heterocycles. The second-order valence-corrected chi connectivity index (χ2v) is 3.75. The molecule has 0 spiro atoms. The SMILES string of the molecule is C#CCCOc1ccc2ccc(=O)oc2c1C(F)F. The fourth-order valence-corrected chi connectivity index (χ4v) is 1.69. The second-order valence-electron chi connectivity index (χ2n) is 3.75. The van der Waals surface area contributed by atoms with Crippen LogP contribution in [0.3, 0.4) is 0 Å². The molecular formula is C14H10F2O3. The van der Waals surface area contributed by atoms with Gasteiger partial charge in [0.15, 0.2) is 5.58 Å². The van der Waals surface area contributed by atoms with Crippen molar-refractivity contribution in [2.24, 2.45) is 0 Å². The van der Waals surface area contributed by atoms with Crippen LogP contribution in [0.5, 0.6) is 5.75 Å². The molecule has 0 aliphatic rings. The van der Waals surface area contributed by atoms with E-state index in [4.69, 9.17) is 15.6 Å². The average Bonchev–Trinajstić information content (AvgIpc) is 2.38. The van der Waals surface area contributed by atoms with E-state index in [0.717, 1.165) is 0 Å². The van der Waals surface area contributed by atoms with Crippen LogP contribution in [0.2, 0.25) is 0 Å². The van der Waals surface area contributed by atoms with Gasteiger partial charge in [-0.2, -0.15) is 0 Å². The molecule has 0 unspecified atom stereocenters. The third-order valence-corrected chi connectivity index (χ3v) is 2.51. The smallest absolute Gasteiger partial charge is 0.336 e. The van der Waals surface area contributed by atoms with Crippen LogP contribution in [0.25, 0.3) is 11.0 Å². The van der Waals surface area contributed by atoms with E-state index in [9.17, 15) is 13.6 Å². The Balaban J connectivity index is 2.55. The van der Waals surface area contributed by atoms with Crippen molar-refractivity contribution >= 4 is 11.0 Å². The van der Waals surface area contributed by atoms with Gasteiger partial charge in [-0.3, -0.25) is 0 Å². The summed E-state index contributed by atoms with van der Waals surface area (Å²) in [7, 11) is 0. The Kier molecular flexibility index (Phi) is 3.81. The number of hydrogen-bond acceptors (Lipinski definition) is 3. The quantitative estimate of drug-likeness (QED) is 0.484. The molecule has 0 radical (unpaired) electrons. The van der Waals surface area contributed by atoms with E-state index in [1.165, 1.54) is 18.2 Å². The maximum Gasteiger partial charge on any atom is 0.336 e. The van der Waals surface area contributed by atoms with Gasteiger partial charge in [0, 0.05) is 17.9 Å². The highest BCUT2D eigenvalue weighted by atomic mass is 19.3. The Labute approximate surface area is 107 Å². The normalized spacial score (nSPS) is 10.6. The highest BCUT2D eigenvalue weighted by Gasteiger charge is 2.20. The highest BCUT2D eigenvalue weighted by molar-refractivity contribution is 5.82. The minimum atomic E-state index is -2.81. The lowest BCUT2D eigenvalue weighted by Crippen LogP contribution is -2.02. The van der Waals surface area contributed by atoms with Crippen LogP contribution in [-0.2, 0) is 0 Å². The van der Waals surface area contributed by atoms with E-state index in [2.05, 4.69) is 5.92 Å². The molecule has 2 aromatic rings. The summed E-state index contributed by atoms with van der Waals surface area (Å²) in [5.74, 6) is 2.33. The Morgan fingerprint density at radius 3 is 2.74 bits per heavy atom. The molecule has 98 valence electrons. The van der Waals surface area contributed by atoms with Crippen LogP contribution >= 0.6 is 0 Å². The third kappa shape index (κ3) is 2.74. The minimum Gasteiger partial charge on any atom is -0.492 e. The lowest BCUT2D eigenvalue weighted by molar-refractivity contribution is 0.145. The van der Waals surface area contributed by atoms with Gasteiger partial charge >= 0.3 is 5.63 Å². The molecule has 0 fully saturated rings. The number of fused-ring (bicyclic) bond motifs is 1. The van der Waals surface area contributed by atoms with Crippen molar-refractivity contribution in [1.29, 1.82) is 0 Å². The van der Waals surface area contributed by atoms with E-state index >= 15 is 0 Å². The minimum absolute atomic E-state index is 0.0212. The first kappa shape index (κ1) is 13.1. The van der Waals surface area contributed by atoms with Crippen LogP contribution in [0.1, 0.15) is 18.4 Å². The number of halogens is 2. The summed E-state index contributed by atoms with van der Waals surface area (Å²) in [5.41, 5.74) is -1.26. The van der Waals surface area contributed by atoms with Gasteiger partial charge < -0.3 is 9.15 Å². The maximum absolute atomic E-state index is 13.1. The summed E-state index contributed by atoms with van der Waals surface area (Å²) in [4.78, 5) is 11.2. The van der Waals surface area contributed by atoms with Gasteiger partial charge in [0.25, 0.3) is 6.43 Å². The molecule has 5 heteroatoms. The Bertz CT molecular complexity index is 683. The van der Waals surface area contributed by atoms with Gasteiger partial charge in [-0.05, 0) is 18.2 Å². The van der Waals surface area contributed by atoms with Crippen molar-refractivity contribution in [1.82, 2.24) is 0 Å². The molecule has 19 heavy (non-hydrogen) atoms. The monoisotopic (exact) mass is 264 g/mol. The molecule has 2 rings (SSSR count). The molecule has 0 saturated carbocycles. The first-order chi connectivity index (χ1) is 9.13. The van der Waals surface area contributed by atoms with Crippen molar-refractivity contribution in [2.45, 2.75) is 12.8 Å². The zero-order valence-electron chi connectivity index (χ0n) is 9.86. The van der Waals surface area contributed by atoms with Crippen molar-refractivity contribution < 1.29 is 17.9 Å². The predicted octanol–water partition coefficient (Wildman–Crippen LogP) is 3.13. The topological polar surface area (TPSA) is 39.4 Å².